The van der Waals surface area contributed by atoms with Crippen LogP contribution in [0.4, 0.5) is 0 Å². The molecule has 3 aromatic rings. The van der Waals surface area contributed by atoms with Gasteiger partial charge in [0.25, 0.3) is 0 Å². The summed E-state index contributed by atoms with van der Waals surface area (Å²) in [6.45, 7) is -0.684. The van der Waals surface area contributed by atoms with Crippen molar-refractivity contribution in [3.05, 3.63) is 82.5 Å². The summed E-state index contributed by atoms with van der Waals surface area (Å²) in [4.78, 5) is 4.22. The third-order valence-electron chi connectivity index (χ3n) is 6.38. The second-order valence-electron chi connectivity index (χ2n) is 8.51. The molecule has 6 atom stereocenters. The number of ether oxygens (including phenoxy) is 2. The van der Waals surface area contributed by atoms with Crippen LogP contribution < -0.4 is 4.74 Å². The second kappa shape index (κ2) is 10.5. The third kappa shape index (κ3) is 4.71. The molecule has 1 aromatic heterocycles. The molecular weight excluding hydrogens is 486 g/mol. The van der Waals surface area contributed by atoms with Gasteiger partial charge in [-0.15, -0.1) is 6.42 Å². The van der Waals surface area contributed by atoms with Crippen LogP contribution in [0.1, 0.15) is 22.6 Å². The molecule has 1 aliphatic heterocycles. The van der Waals surface area contributed by atoms with E-state index in [0.717, 1.165) is 16.7 Å². The Morgan fingerprint density at radius 1 is 1.08 bits per heavy atom. The van der Waals surface area contributed by atoms with Crippen molar-refractivity contribution >= 4 is 11.6 Å². The molecule has 36 heavy (non-hydrogen) atoms. The normalized spacial score (nSPS) is 26.7. The number of benzene rings is 2. The first kappa shape index (κ1) is 26.1. The number of halogens is 1. The van der Waals surface area contributed by atoms with Crippen LogP contribution in [0.15, 0.2) is 60.8 Å². The van der Waals surface area contributed by atoms with Crippen molar-refractivity contribution in [3.8, 4) is 29.4 Å². The SMILES string of the molecule is C#CC(c1ccc(-c2ccc(OC)nc2)cc1)c1cc([C@@]2(O)O[C@H](CO)[C@@H](O)[C@H](O)[C@H]2O)ccc1Cl. The molecule has 2 aromatic carbocycles. The number of methoxy groups -OCH3 is 1. The number of rotatable bonds is 6. The smallest absolute Gasteiger partial charge is 0.222 e. The maximum absolute atomic E-state index is 11.2. The largest absolute Gasteiger partial charge is 0.481 e. The number of hydrogen-bond donors (Lipinski definition) is 5. The number of nitrogens with zero attached hydrogens (tertiary/aromatic N) is 1. The van der Waals surface area contributed by atoms with Crippen LogP contribution in [-0.2, 0) is 10.5 Å². The van der Waals surface area contributed by atoms with Gasteiger partial charge in [0.2, 0.25) is 11.7 Å². The lowest BCUT2D eigenvalue weighted by molar-refractivity contribution is -0.357. The van der Waals surface area contributed by atoms with Crippen LogP contribution in [0.5, 0.6) is 5.88 Å². The first-order valence-electron chi connectivity index (χ1n) is 11.1. The molecule has 1 saturated heterocycles. The zero-order valence-corrected chi connectivity index (χ0v) is 20.1. The summed E-state index contributed by atoms with van der Waals surface area (Å²) in [7, 11) is 1.55. The monoisotopic (exact) mass is 511 g/mol. The van der Waals surface area contributed by atoms with E-state index in [-0.39, 0.29) is 5.56 Å². The van der Waals surface area contributed by atoms with Gasteiger partial charge in [0.1, 0.15) is 24.4 Å². The van der Waals surface area contributed by atoms with Gasteiger partial charge in [0.15, 0.2) is 0 Å². The zero-order chi connectivity index (χ0) is 26.0. The molecule has 0 aliphatic carbocycles. The highest BCUT2D eigenvalue weighted by Crippen LogP contribution is 2.40. The summed E-state index contributed by atoms with van der Waals surface area (Å²) in [5.41, 5.74) is 3.08. The minimum absolute atomic E-state index is 0.0555. The molecule has 1 unspecified atom stereocenters. The molecule has 0 radical (unpaired) electrons. The molecule has 1 aliphatic rings. The number of aliphatic hydroxyl groups is 5. The van der Waals surface area contributed by atoms with Gasteiger partial charge in [0.05, 0.1) is 19.6 Å². The van der Waals surface area contributed by atoms with E-state index in [4.69, 9.17) is 27.5 Å². The summed E-state index contributed by atoms with van der Waals surface area (Å²) in [6, 6.07) is 15.6. The Morgan fingerprint density at radius 3 is 2.36 bits per heavy atom. The summed E-state index contributed by atoms with van der Waals surface area (Å²) >= 11 is 6.47. The Hall–Kier alpha value is -3.00. The highest BCUT2D eigenvalue weighted by molar-refractivity contribution is 6.31. The Labute approximate surface area is 213 Å². The fraction of sp³-hybridized carbons (Fsp3) is 0.296. The summed E-state index contributed by atoms with van der Waals surface area (Å²) in [6.07, 6.45) is 1.01. The molecule has 0 bridgehead atoms. The molecule has 0 spiro atoms. The Bertz CT molecular complexity index is 1240. The first-order valence-corrected chi connectivity index (χ1v) is 11.5. The zero-order valence-electron chi connectivity index (χ0n) is 19.3. The van der Waals surface area contributed by atoms with Crippen molar-refractivity contribution in [2.24, 2.45) is 0 Å². The molecule has 0 saturated carbocycles. The van der Waals surface area contributed by atoms with Crippen molar-refractivity contribution in [3.63, 3.8) is 0 Å². The van der Waals surface area contributed by atoms with Crippen LogP contribution in [0.2, 0.25) is 5.02 Å². The molecule has 188 valence electrons. The predicted molar refractivity (Wildman–Crippen MR) is 132 cm³/mol. The van der Waals surface area contributed by atoms with Crippen LogP contribution in [0.3, 0.4) is 0 Å². The highest BCUT2D eigenvalue weighted by Gasteiger charge is 2.53. The lowest BCUT2D eigenvalue weighted by atomic mass is 9.85. The van der Waals surface area contributed by atoms with E-state index < -0.39 is 42.7 Å². The number of aliphatic hydroxyl groups excluding tert-OH is 4. The Morgan fingerprint density at radius 2 is 1.78 bits per heavy atom. The lowest BCUT2D eigenvalue weighted by Gasteiger charge is -2.45. The Kier molecular flexibility index (Phi) is 7.64. The van der Waals surface area contributed by atoms with Gasteiger partial charge in [0, 0.05) is 28.4 Å². The quantitative estimate of drug-likeness (QED) is 0.316. The maximum Gasteiger partial charge on any atom is 0.222 e. The number of pyridine rings is 1. The molecular formula is C27H26ClNO7. The van der Waals surface area contributed by atoms with Crippen LogP contribution in [0.25, 0.3) is 11.1 Å². The molecule has 8 nitrogen and oxygen atoms in total. The van der Waals surface area contributed by atoms with E-state index >= 15 is 0 Å². The lowest BCUT2D eigenvalue weighted by Crippen LogP contribution is -2.63. The van der Waals surface area contributed by atoms with Gasteiger partial charge >= 0.3 is 0 Å². The van der Waals surface area contributed by atoms with E-state index in [1.54, 1.807) is 19.4 Å². The van der Waals surface area contributed by atoms with Gasteiger partial charge in [-0.25, -0.2) is 4.98 Å². The van der Waals surface area contributed by atoms with Crippen molar-refractivity contribution in [1.29, 1.82) is 0 Å². The van der Waals surface area contributed by atoms with Crippen molar-refractivity contribution < 1.29 is 35.0 Å². The Balaban J connectivity index is 1.67. The topological polar surface area (TPSA) is 132 Å². The maximum atomic E-state index is 11.2. The van der Waals surface area contributed by atoms with Gasteiger partial charge in [-0.1, -0.05) is 47.9 Å². The highest BCUT2D eigenvalue weighted by atomic mass is 35.5. The van der Waals surface area contributed by atoms with Crippen molar-refractivity contribution in [2.45, 2.75) is 36.1 Å². The standard InChI is InChI=1S/C27H26ClNO7/c1-3-19(16-6-4-15(5-7-16)17-8-11-23(35-2)29-13-17)20-12-18(9-10-21(20)28)27(34)26(33)25(32)24(31)22(14-30)36-27/h1,4-13,19,22,24-26,30-34H,14H2,2H3/t19?,22-,24-,25+,26-,27-/m1/s1. The minimum atomic E-state index is -2.42. The fourth-order valence-electron chi connectivity index (χ4n) is 4.29. The molecule has 2 heterocycles. The van der Waals surface area contributed by atoms with Crippen LogP contribution in [-0.4, -0.2) is 68.6 Å². The van der Waals surface area contributed by atoms with Crippen LogP contribution in [0, 0.1) is 12.3 Å². The van der Waals surface area contributed by atoms with Gasteiger partial charge in [-0.2, -0.15) is 0 Å². The van der Waals surface area contributed by atoms with Crippen molar-refractivity contribution in [2.75, 3.05) is 13.7 Å². The van der Waals surface area contributed by atoms with E-state index in [9.17, 15) is 25.5 Å². The molecule has 4 rings (SSSR count). The summed E-state index contributed by atoms with van der Waals surface area (Å²) in [5.74, 6) is 0.187. The van der Waals surface area contributed by atoms with E-state index in [2.05, 4.69) is 10.9 Å². The predicted octanol–water partition coefficient (Wildman–Crippen LogP) is 1.79. The van der Waals surface area contributed by atoms with E-state index in [1.807, 2.05) is 30.3 Å². The first-order chi connectivity index (χ1) is 17.2. The molecule has 1 fully saturated rings. The van der Waals surface area contributed by atoms with E-state index in [0.29, 0.717) is 16.5 Å². The summed E-state index contributed by atoms with van der Waals surface area (Å²) < 4.78 is 10.5. The van der Waals surface area contributed by atoms with Crippen LogP contribution >= 0.6 is 11.6 Å². The number of aromatic nitrogens is 1. The fourth-order valence-corrected chi connectivity index (χ4v) is 4.51. The summed E-state index contributed by atoms with van der Waals surface area (Å²) in [5, 5.41) is 51.8. The molecule has 5 N–H and O–H groups in total. The number of terminal acetylenes is 1. The average Bonchev–Trinajstić information content (AvgIpc) is 2.91. The molecule has 9 heteroatoms. The van der Waals surface area contributed by atoms with Gasteiger partial charge in [-0.3, -0.25) is 0 Å². The second-order valence-corrected chi connectivity index (χ2v) is 8.92. The van der Waals surface area contributed by atoms with E-state index in [1.165, 1.54) is 18.2 Å². The van der Waals surface area contributed by atoms with Gasteiger partial charge in [-0.05, 0) is 34.9 Å². The number of hydrogen-bond acceptors (Lipinski definition) is 8. The molecule has 0 amide bonds. The third-order valence-corrected chi connectivity index (χ3v) is 6.72. The average molecular weight is 512 g/mol. The van der Waals surface area contributed by atoms with Gasteiger partial charge < -0.3 is 35.0 Å². The van der Waals surface area contributed by atoms with Crippen molar-refractivity contribution in [1.82, 2.24) is 4.98 Å². The minimum Gasteiger partial charge on any atom is -0.481 e.